The van der Waals surface area contributed by atoms with Crippen LogP contribution in [-0.2, 0) is 17.9 Å². The topological polar surface area (TPSA) is 63.1 Å². The summed E-state index contributed by atoms with van der Waals surface area (Å²) in [5.41, 5.74) is 0. The molecule has 0 radical (unpaired) electrons. The predicted octanol–water partition coefficient (Wildman–Crippen LogP) is -0.238. The molecule has 0 unspecified atom stereocenters. The van der Waals surface area contributed by atoms with E-state index in [9.17, 15) is 4.79 Å². The van der Waals surface area contributed by atoms with Gasteiger partial charge in [-0.2, -0.15) is 0 Å². The van der Waals surface area contributed by atoms with Crippen LogP contribution < -0.4 is 5.32 Å². The quantitative estimate of drug-likeness (QED) is 0.730. The maximum atomic E-state index is 12.3. The lowest BCUT2D eigenvalue weighted by Gasteiger charge is -2.32. The lowest BCUT2D eigenvalue weighted by molar-refractivity contribution is -0.135. The van der Waals surface area contributed by atoms with Crippen LogP contribution in [0.15, 0.2) is 6.33 Å². The first-order valence-electron chi connectivity index (χ1n) is 6.23. The van der Waals surface area contributed by atoms with Gasteiger partial charge in [-0.1, -0.05) is 6.42 Å². The van der Waals surface area contributed by atoms with Gasteiger partial charge in [0, 0.05) is 13.1 Å². The molecule has 2 aliphatic heterocycles. The second kappa shape index (κ2) is 4.44. The zero-order valence-corrected chi connectivity index (χ0v) is 9.80. The maximum absolute atomic E-state index is 12.3. The summed E-state index contributed by atoms with van der Waals surface area (Å²) in [6.07, 6.45) is 5.02. The van der Waals surface area contributed by atoms with Crippen LogP contribution in [0.25, 0.3) is 0 Å². The van der Waals surface area contributed by atoms with Crippen LogP contribution in [0.5, 0.6) is 0 Å². The van der Waals surface area contributed by atoms with Gasteiger partial charge in [-0.15, -0.1) is 10.2 Å². The van der Waals surface area contributed by atoms with Crippen molar-refractivity contribution in [1.82, 2.24) is 25.0 Å². The van der Waals surface area contributed by atoms with E-state index in [0.29, 0.717) is 6.54 Å². The number of piperidine rings is 1. The summed E-state index contributed by atoms with van der Waals surface area (Å²) in [5.74, 6) is 1.11. The zero-order valence-electron chi connectivity index (χ0n) is 9.80. The van der Waals surface area contributed by atoms with E-state index in [0.717, 1.165) is 38.3 Å². The number of hydrogen-bond donors (Lipinski definition) is 1. The van der Waals surface area contributed by atoms with Gasteiger partial charge in [0.15, 0.2) is 5.82 Å². The molecule has 0 aliphatic carbocycles. The standard InChI is InChI=1S/C11H17N5O/c17-11(9-3-1-2-4-12-9)15-5-6-16-8-13-14-10(16)7-15/h8-9,12H,1-7H2/t9-/m1/s1. The third kappa shape index (κ3) is 2.04. The van der Waals surface area contributed by atoms with Crippen LogP contribution in [0, 0.1) is 0 Å². The fourth-order valence-electron chi connectivity index (χ4n) is 2.54. The second-order valence-corrected chi connectivity index (χ2v) is 4.70. The highest BCUT2D eigenvalue weighted by molar-refractivity contribution is 5.82. The van der Waals surface area contributed by atoms with E-state index in [1.54, 1.807) is 6.33 Å². The first-order valence-corrected chi connectivity index (χ1v) is 6.23. The van der Waals surface area contributed by atoms with E-state index in [4.69, 9.17) is 0 Å². The number of fused-ring (bicyclic) bond motifs is 1. The van der Waals surface area contributed by atoms with E-state index in [1.807, 2.05) is 9.47 Å². The van der Waals surface area contributed by atoms with Crippen molar-refractivity contribution >= 4 is 5.91 Å². The van der Waals surface area contributed by atoms with Crippen molar-refractivity contribution in [2.45, 2.75) is 38.4 Å². The molecule has 1 saturated heterocycles. The highest BCUT2D eigenvalue weighted by Gasteiger charge is 2.28. The fourth-order valence-corrected chi connectivity index (χ4v) is 2.54. The third-order valence-electron chi connectivity index (χ3n) is 3.56. The van der Waals surface area contributed by atoms with Crippen LogP contribution >= 0.6 is 0 Å². The Balaban J connectivity index is 1.67. The number of amides is 1. The number of carbonyl (C=O) groups excluding carboxylic acids is 1. The summed E-state index contributed by atoms with van der Waals surface area (Å²) in [5, 5.41) is 11.2. The van der Waals surface area contributed by atoms with Crippen LogP contribution in [0.3, 0.4) is 0 Å². The molecule has 0 saturated carbocycles. The molecule has 92 valence electrons. The Hall–Kier alpha value is -1.43. The average molecular weight is 235 g/mol. The number of hydrogen-bond acceptors (Lipinski definition) is 4. The summed E-state index contributed by atoms with van der Waals surface area (Å²) in [4.78, 5) is 14.2. The van der Waals surface area contributed by atoms with Crippen molar-refractivity contribution in [3.8, 4) is 0 Å². The Morgan fingerprint density at radius 1 is 1.41 bits per heavy atom. The minimum absolute atomic E-state index is 0.0122. The average Bonchev–Trinajstić information content (AvgIpc) is 2.86. The largest absolute Gasteiger partial charge is 0.332 e. The molecule has 3 heterocycles. The Labute approximate surface area is 100 Å². The molecular formula is C11H17N5O. The number of aromatic nitrogens is 3. The molecule has 1 aromatic rings. The molecule has 6 heteroatoms. The van der Waals surface area contributed by atoms with Crippen LogP contribution in [0.2, 0.25) is 0 Å². The SMILES string of the molecule is O=C([C@H]1CCCCN1)N1CCn2cnnc2C1. The van der Waals surface area contributed by atoms with Gasteiger partial charge >= 0.3 is 0 Å². The summed E-state index contributed by atoms with van der Waals surface area (Å²) in [6, 6.07) is 0.0122. The van der Waals surface area contributed by atoms with Crippen molar-refractivity contribution in [2.75, 3.05) is 13.1 Å². The van der Waals surface area contributed by atoms with E-state index >= 15 is 0 Å². The van der Waals surface area contributed by atoms with Crippen molar-refractivity contribution in [1.29, 1.82) is 0 Å². The van der Waals surface area contributed by atoms with Gasteiger partial charge in [0.05, 0.1) is 12.6 Å². The number of carbonyl (C=O) groups is 1. The van der Waals surface area contributed by atoms with Gasteiger partial charge < -0.3 is 14.8 Å². The monoisotopic (exact) mass is 235 g/mol. The van der Waals surface area contributed by atoms with Gasteiger partial charge in [0.25, 0.3) is 0 Å². The molecule has 1 fully saturated rings. The smallest absolute Gasteiger partial charge is 0.240 e. The first-order chi connectivity index (χ1) is 8.34. The predicted molar refractivity (Wildman–Crippen MR) is 61.1 cm³/mol. The number of nitrogens with zero attached hydrogens (tertiary/aromatic N) is 4. The highest BCUT2D eigenvalue weighted by atomic mass is 16.2. The lowest BCUT2D eigenvalue weighted by atomic mass is 10.0. The van der Waals surface area contributed by atoms with Gasteiger partial charge in [-0.05, 0) is 19.4 Å². The molecule has 3 rings (SSSR count). The molecule has 6 nitrogen and oxygen atoms in total. The highest BCUT2D eigenvalue weighted by Crippen LogP contribution is 2.14. The lowest BCUT2D eigenvalue weighted by Crippen LogP contribution is -2.50. The second-order valence-electron chi connectivity index (χ2n) is 4.70. The van der Waals surface area contributed by atoms with Crippen LogP contribution in [0.4, 0.5) is 0 Å². The zero-order chi connectivity index (χ0) is 11.7. The van der Waals surface area contributed by atoms with Crippen LogP contribution in [0.1, 0.15) is 25.1 Å². The van der Waals surface area contributed by atoms with E-state index in [-0.39, 0.29) is 11.9 Å². The molecule has 0 aromatic carbocycles. The van der Waals surface area contributed by atoms with Gasteiger partial charge in [-0.25, -0.2) is 0 Å². The Bertz CT molecular complexity index is 410. The number of nitrogens with one attached hydrogen (secondary N) is 1. The maximum Gasteiger partial charge on any atom is 0.240 e. The van der Waals surface area contributed by atoms with Gasteiger partial charge in [-0.3, -0.25) is 4.79 Å². The van der Waals surface area contributed by atoms with Crippen molar-refractivity contribution in [3.05, 3.63) is 12.2 Å². The summed E-state index contributed by atoms with van der Waals surface area (Å²) in [6.45, 7) is 3.13. The molecule has 0 bridgehead atoms. The van der Waals surface area contributed by atoms with Crippen molar-refractivity contribution < 1.29 is 4.79 Å². The van der Waals surface area contributed by atoms with Crippen LogP contribution in [-0.4, -0.2) is 44.7 Å². The minimum Gasteiger partial charge on any atom is -0.332 e. The molecule has 1 N–H and O–H groups in total. The number of rotatable bonds is 1. The Kier molecular flexibility index (Phi) is 2.80. The normalized spacial score (nSPS) is 24.5. The molecule has 17 heavy (non-hydrogen) atoms. The molecule has 1 aromatic heterocycles. The van der Waals surface area contributed by atoms with E-state index in [1.165, 1.54) is 6.42 Å². The molecule has 1 atom stereocenters. The Morgan fingerprint density at radius 3 is 3.18 bits per heavy atom. The van der Waals surface area contributed by atoms with Gasteiger partial charge in [0.1, 0.15) is 6.33 Å². The minimum atomic E-state index is 0.0122. The molecule has 0 spiro atoms. The fraction of sp³-hybridized carbons (Fsp3) is 0.727. The third-order valence-corrected chi connectivity index (χ3v) is 3.56. The van der Waals surface area contributed by atoms with E-state index < -0.39 is 0 Å². The van der Waals surface area contributed by atoms with Gasteiger partial charge in [0.2, 0.25) is 5.91 Å². The molecule has 1 amide bonds. The van der Waals surface area contributed by atoms with Crippen molar-refractivity contribution in [3.63, 3.8) is 0 Å². The van der Waals surface area contributed by atoms with Crippen molar-refractivity contribution in [2.24, 2.45) is 0 Å². The summed E-state index contributed by atoms with van der Waals surface area (Å²) >= 11 is 0. The molecule has 2 aliphatic rings. The summed E-state index contributed by atoms with van der Waals surface area (Å²) < 4.78 is 2.01. The first kappa shape index (κ1) is 10.7. The molecular weight excluding hydrogens is 218 g/mol. The van der Waals surface area contributed by atoms with E-state index in [2.05, 4.69) is 15.5 Å². The Morgan fingerprint density at radius 2 is 2.35 bits per heavy atom. The summed E-state index contributed by atoms with van der Waals surface area (Å²) in [7, 11) is 0.